The van der Waals surface area contributed by atoms with Crippen LogP contribution in [0.3, 0.4) is 0 Å². The fourth-order valence-electron chi connectivity index (χ4n) is 2.13. The van der Waals surface area contributed by atoms with Crippen molar-refractivity contribution in [1.29, 1.82) is 0 Å². The number of hydrogen-bond acceptors (Lipinski definition) is 4. The van der Waals surface area contributed by atoms with Crippen LogP contribution in [0.5, 0.6) is 0 Å². The predicted molar refractivity (Wildman–Crippen MR) is 81.4 cm³/mol. The SMILES string of the molecule is O=C(CON1C(=O)c2ccccc2C1=O)c1ccc(Br)cc1. The number of carbonyl (C=O) groups is 3. The third-order valence-corrected chi connectivity index (χ3v) is 3.78. The number of carbonyl (C=O) groups excluding carboxylic acids is 3. The monoisotopic (exact) mass is 359 g/mol. The van der Waals surface area contributed by atoms with Crippen LogP contribution in [0.4, 0.5) is 0 Å². The van der Waals surface area contributed by atoms with Gasteiger partial charge in [0.15, 0.2) is 5.78 Å². The summed E-state index contributed by atoms with van der Waals surface area (Å²) in [5.41, 5.74) is 1.01. The summed E-state index contributed by atoms with van der Waals surface area (Å²) in [6, 6.07) is 13.2. The first-order chi connectivity index (χ1) is 10.6. The Bertz CT molecular complexity index is 735. The van der Waals surface area contributed by atoms with E-state index in [1.54, 1.807) is 48.5 Å². The zero-order valence-corrected chi connectivity index (χ0v) is 12.9. The Balaban J connectivity index is 1.70. The van der Waals surface area contributed by atoms with Gasteiger partial charge in [0.1, 0.15) is 6.61 Å². The van der Waals surface area contributed by atoms with Gasteiger partial charge in [0.05, 0.1) is 11.1 Å². The highest BCUT2D eigenvalue weighted by atomic mass is 79.9. The van der Waals surface area contributed by atoms with Crippen LogP contribution in [0, 0.1) is 0 Å². The molecule has 2 aromatic rings. The van der Waals surface area contributed by atoms with Crippen molar-refractivity contribution in [3.63, 3.8) is 0 Å². The Labute approximate surface area is 134 Å². The molecule has 110 valence electrons. The van der Waals surface area contributed by atoms with Crippen LogP contribution in [-0.4, -0.2) is 29.3 Å². The molecule has 0 N–H and O–H groups in total. The molecule has 0 saturated heterocycles. The van der Waals surface area contributed by atoms with Gasteiger partial charge in [-0.2, -0.15) is 0 Å². The first kappa shape index (κ1) is 14.6. The minimum Gasteiger partial charge on any atom is -0.291 e. The number of Topliss-reactive ketones (excluding diaryl/α,β-unsaturated/α-hetero) is 1. The summed E-state index contributed by atoms with van der Waals surface area (Å²) >= 11 is 3.28. The molecular weight excluding hydrogens is 350 g/mol. The molecule has 0 saturated carbocycles. The molecule has 1 aliphatic rings. The quantitative estimate of drug-likeness (QED) is 0.621. The lowest BCUT2D eigenvalue weighted by Gasteiger charge is -2.12. The van der Waals surface area contributed by atoms with Crippen molar-refractivity contribution in [3.05, 3.63) is 69.7 Å². The van der Waals surface area contributed by atoms with E-state index in [1.165, 1.54) is 0 Å². The lowest BCUT2D eigenvalue weighted by Crippen LogP contribution is -2.32. The molecule has 22 heavy (non-hydrogen) atoms. The van der Waals surface area contributed by atoms with E-state index in [0.717, 1.165) is 4.47 Å². The lowest BCUT2D eigenvalue weighted by molar-refractivity contribution is -0.0817. The standard InChI is InChI=1S/C16H10BrNO4/c17-11-7-5-10(6-8-11)14(19)9-22-18-15(20)12-3-1-2-4-13(12)16(18)21/h1-8H,9H2. The second kappa shape index (κ2) is 5.82. The molecule has 0 atom stereocenters. The van der Waals surface area contributed by atoms with Crippen LogP contribution in [0.15, 0.2) is 53.0 Å². The van der Waals surface area contributed by atoms with Crippen molar-refractivity contribution in [2.45, 2.75) is 0 Å². The average Bonchev–Trinajstić information content (AvgIpc) is 2.78. The summed E-state index contributed by atoms with van der Waals surface area (Å²) in [7, 11) is 0. The highest BCUT2D eigenvalue weighted by molar-refractivity contribution is 9.10. The number of ketones is 1. The van der Waals surface area contributed by atoms with Gasteiger partial charge in [0, 0.05) is 10.0 Å². The van der Waals surface area contributed by atoms with Gasteiger partial charge < -0.3 is 0 Å². The zero-order valence-electron chi connectivity index (χ0n) is 11.3. The van der Waals surface area contributed by atoms with Gasteiger partial charge in [-0.1, -0.05) is 40.2 Å². The first-order valence-corrected chi connectivity index (χ1v) is 7.27. The Morgan fingerprint density at radius 1 is 0.955 bits per heavy atom. The number of imide groups is 1. The van der Waals surface area contributed by atoms with Crippen molar-refractivity contribution >= 4 is 33.5 Å². The maximum atomic E-state index is 12.1. The van der Waals surface area contributed by atoms with E-state index in [9.17, 15) is 14.4 Å². The third-order valence-electron chi connectivity index (χ3n) is 3.25. The van der Waals surface area contributed by atoms with Crippen LogP contribution in [0.25, 0.3) is 0 Å². The van der Waals surface area contributed by atoms with E-state index in [-0.39, 0.29) is 23.5 Å². The van der Waals surface area contributed by atoms with Crippen molar-refractivity contribution < 1.29 is 19.2 Å². The number of hydrogen-bond donors (Lipinski definition) is 0. The maximum Gasteiger partial charge on any atom is 0.285 e. The number of fused-ring (bicyclic) bond motifs is 1. The van der Waals surface area contributed by atoms with Gasteiger partial charge >= 0.3 is 0 Å². The fourth-order valence-corrected chi connectivity index (χ4v) is 2.39. The van der Waals surface area contributed by atoms with Crippen molar-refractivity contribution in [1.82, 2.24) is 5.06 Å². The van der Waals surface area contributed by atoms with E-state index >= 15 is 0 Å². The second-order valence-corrected chi connectivity index (χ2v) is 5.57. The minimum absolute atomic E-state index is 0.281. The molecule has 2 aromatic carbocycles. The molecule has 0 unspecified atom stereocenters. The van der Waals surface area contributed by atoms with Crippen molar-refractivity contribution in [2.75, 3.05) is 6.61 Å². The number of rotatable bonds is 4. The van der Waals surface area contributed by atoms with Gasteiger partial charge in [-0.05, 0) is 24.3 Å². The minimum atomic E-state index is -0.552. The predicted octanol–water partition coefficient (Wildman–Crippen LogP) is 2.86. The molecule has 6 heteroatoms. The Morgan fingerprint density at radius 2 is 1.50 bits per heavy atom. The third kappa shape index (κ3) is 2.58. The summed E-state index contributed by atoms with van der Waals surface area (Å²) in [6.45, 7) is -0.382. The van der Waals surface area contributed by atoms with E-state index in [1.807, 2.05) is 0 Å². The molecule has 5 nitrogen and oxygen atoms in total. The van der Waals surface area contributed by atoms with E-state index in [0.29, 0.717) is 10.6 Å². The summed E-state index contributed by atoms with van der Waals surface area (Å²) < 4.78 is 0.852. The molecule has 0 aromatic heterocycles. The molecule has 3 rings (SSSR count). The summed E-state index contributed by atoms with van der Waals surface area (Å²) in [4.78, 5) is 41.3. The molecule has 0 spiro atoms. The molecule has 2 amide bonds. The van der Waals surface area contributed by atoms with Crippen LogP contribution in [-0.2, 0) is 4.84 Å². The van der Waals surface area contributed by atoms with Gasteiger partial charge in [0.25, 0.3) is 11.8 Å². The summed E-state index contributed by atoms with van der Waals surface area (Å²) in [5.74, 6) is -1.42. The maximum absolute atomic E-state index is 12.1. The number of hydroxylamine groups is 2. The second-order valence-electron chi connectivity index (χ2n) is 4.65. The molecule has 0 bridgehead atoms. The van der Waals surface area contributed by atoms with Crippen LogP contribution >= 0.6 is 15.9 Å². The van der Waals surface area contributed by atoms with Gasteiger partial charge in [0.2, 0.25) is 0 Å². The number of halogens is 1. The van der Waals surface area contributed by atoms with Crippen molar-refractivity contribution in [2.24, 2.45) is 0 Å². The zero-order chi connectivity index (χ0) is 15.7. The highest BCUT2D eigenvalue weighted by Crippen LogP contribution is 2.22. The molecule has 0 aliphatic carbocycles. The van der Waals surface area contributed by atoms with Crippen LogP contribution < -0.4 is 0 Å². The molecule has 0 radical (unpaired) electrons. The Morgan fingerprint density at radius 3 is 2.05 bits per heavy atom. The molecule has 1 aliphatic heterocycles. The smallest absolute Gasteiger partial charge is 0.285 e. The Kier molecular flexibility index (Phi) is 3.87. The van der Waals surface area contributed by atoms with Crippen LogP contribution in [0.2, 0.25) is 0 Å². The largest absolute Gasteiger partial charge is 0.291 e. The lowest BCUT2D eigenvalue weighted by atomic mass is 10.1. The topological polar surface area (TPSA) is 63.7 Å². The molecule has 1 heterocycles. The number of nitrogens with zero attached hydrogens (tertiary/aromatic N) is 1. The van der Waals surface area contributed by atoms with E-state index in [2.05, 4.69) is 15.9 Å². The summed E-state index contributed by atoms with van der Waals surface area (Å²) in [6.07, 6.45) is 0. The first-order valence-electron chi connectivity index (χ1n) is 6.47. The molecule has 0 fully saturated rings. The summed E-state index contributed by atoms with van der Waals surface area (Å²) in [5, 5.41) is 0.640. The highest BCUT2D eigenvalue weighted by Gasteiger charge is 2.36. The Hall–Kier alpha value is -2.31. The van der Waals surface area contributed by atoms with E-state index in [4.69, 9.17) is 4.84 Å². The molecular formula is C16H10BrNO4. The van der Waals surface area contributed by atoms with Gasteiger partial charge in [-0.15, -0.1) is 5.06 Å². The van der Waals surface area contributed by atoms with Gasteiger partial charge in [-0.3, -0.25) is 19.2 Å². The van der Waals surface area contributed by atoms with Gasteiger partial charge in [-0.25, -0.2) is 0 Å². The average molecular weight is 360 g/mol. The number of benzene rings is 2. The fraction of sp³-hybridized carbons (Fsp3) is 0.0625. The normalized spacial score (nSPS) is 13.4. The van der Waals surface area contributed by atoms with Crippen LogP contribution in [0.1, 0.15) is 31.1 Å². The number of amides is 2. The van der Waals surface area contributed by atoms with Crippen molar-refractivity contribution in [3.8, 4) is 0 Å². The van der Waals surface area contributed by atoms with E-state index < -0.39 is 11.8 Å².